The maximum Gasteiger partial charge on any atom is 0.241 e. The average molecular weight is 333 g/mol. The van der Waals surface area contributed by atoms with E-state index in [1.54, 1.807) is 0 Å². The quantitative estimate of drug-likeness (QED) is 0.507. The van der Waals surface area contributed by atoms with Gasteiger partial charge >= 0.3 is 0 Å². The lowest BCUT2D eigenvalue weighted by molar-refractivity contribution is 0.0895. The minimum atomic E-state index is -1.77. The van der Waals surface area contributed by atoms with Crippen LogP contribution in [0.25, 0.3) is 0 Å². The van der Waals surface area contributed by atoms with E-state index in [0.29, 0.717) is 18.6 Å². The third-order valence-corrected chi connectivity index (χ3v) is 9.32. The van der Waals surface area contributed by atoms with Crippen molar-refractivity contribution in [1.82, 2.24) is 0 Å². The van der Waals surface area contributed by atoms with Gasteiger partial charge in [-0.05, 0) is 51.1 Å². The molecular formula is C16H36O3Si2. The molecule has 0 unspecified atom stereocenters. The Hall–Kier alpha value is -0.106. The zero-order chi connectivity index (χ0) is 17.1. The molecule has 0 amide bonds. The van der Waals surface area contributed by atoms with Crippen LogP contribution in [0.3, 0.4) is 0 Å². The molecule has 0 heterocycles. The minimum absolute atomic E-state index is 0.0561. The summed E-state index contributed by atoms with van der Waals surface area (Å²) < 4.78 is 12.1. The third kappa shape index (κ3) is 8.81. The predicted molar refractivity (Wildman–Crippen MR) is 96.6 cm³/mol. The highest BCUT2D eigenvalue weighted by Crippen LogP contribution is 2.37. The Morgan fingerprint density at radius 1 is 1.14 bits per heavy atom. The van der Waals surface area contributed by atoms with Crippen LogP contribution in [0.1, 0.15) is 40.5 Å². The molecule has 0 aliphatic rings. The molecule has 0 rings (SSSR count). The monoisotopic (exact) mass is 332 g/mol. The van der Waals surface area contributed by atoms with Gasteiger partial charge in [0.2, 0.25) is 8.32 Å². The van der Waals surface area contributed by atoms with Crippen LogP contribution in [0.4, 0.5) is 0 Å². The first-order valence-electron chi connectivity index (χ1n) is 7.87. The van der Waals surface area contributed by atoms with Gasteiger partial charge < -0.3 is 14.0 Å². The molecule has 1 N–H and O–H groups in total. The molecule has 5 heteroatoms. The molecule has 0 aromatic carbocycles. The van der Waals surface area contributed by atoms with Gasteiger partial charge in [-0.15, -0.1) is 0 Å². The summed E-state index contributed by atoms with van der Waals surface area (Å²) in [6, 6.07) is 0. The van der Waals surface area contributed by atoms with Crippen LogP contribution in [0.15, 0.2) is 12.3 Å². The van der Waals surface area contributed by atoms with Crippen molar-refractivity contribution in [2.75, 3.05) is 0 Å². The van der Waals surface area contributed by atoms with Crippen LogP contribution in [-0.2, 0) is 8.85 Å². The van der Waals surface area contributed by atoms with E-state index in [9.17, 15) is 5.11 Å². The normalized spacial score (nSPS) is 16.5. The Labute approximate surface area is 134 Å². The standard InChI is InChI=1S/C16H36O3Si2/c1-13(18-20(6,7)8)11-15(17)12-14(2)19-21(9,10)16(3,4)5/h14-15,17H,1,11-12H2,2-10H3/t14-,15-/m0/s1. The van der Waals surface area contributed by atoms with Crippen LogP contribution < -0.4 is 0 Å². The predicted octanol–water partition coefficient (Wildman–Crippen LogP) is 4.90. The Bertz CT molecular complexity index is 340. The first kappa shape index (κ1) is 20.9. The van der Waals surface area contributed by atoms with Crippen molar-refractivity contribution in [2.24, 2.45) is 0 Å². The van der Waals surface area contributed by atoms with E-state index >= 15 is 0 Å². The Kier molecular flexibility index (Phi) is 7.40. The second kappa shape index (κ2) is 7.44. The van der Waals surface area contributed by atoms with Crippen molar-refractivity contribution in [3.8, 4) is 0 Å². The summed E-state index contributed by atoms with van der Waals surface area (Å²) in [5.41, 5.74) is 0. The molecule has 0 aliphatic heterocycles. The average Bonchev–Trinajstić information content (AvgIpc) is 2.08. The Balaban J connectivity index is 4.34. The minimum Gasteiger partial charge on any atom is -0.548 e. The van der Waals surface area contributed by atoms with Crippen molar-refractivity contribution in [2.45, 2.75) is 90.5 Å². The summed E-state index contributed by atoms with van der Waals surface area (Å²) in [6.07, 6.45) is 0.727. The molecule has 0 saturated carbocycles. The van der Waals surface area contributed by atoms with Crippen molar-refractivity contribution in [1.29, 1.82) is 0 Å². The SMILES string of the molecule is C=C(C[C@H](O)C[C@H](C)O[Si](C)(C)C(C)(C)C)O[Si](C)(C)C. The van der Waals surface area contributed by atoms with Crippen LogP contribution in [0.5, 0.6) is 0 Å². The largest absolute Gasteiger partial charge is 0.548 e. The topological polar surface area (TPSA) is 38.7 Å². The van der Waals surface area contributed by atoms with Gasteiger partial charge in [-0.3, -0.25) is 0 Å². The van der Waals surface area contributed by atoms with E-state index in [4.69, 9.17) is 8.85 Å². The Morgan fingerprint density at radius 2 is 1.62 bits per heavy atom. The molecule has 21 heavy (non-hydrogen) atoms. The molecule has 0 spiro atoms. The zero-order valence-corrected chi connectivity index (χ0v) is 17.5. The summed E-state index contributed by atoms with van der Waals surface area (Å²) in [4.78, 5) is 0. The summed E-state index contributed by atoms with van der Waals surface area (Å²) in [5, 5.41) is 10.4. The highest BCUT2D eigenvalue weighted by atomic mass is 28.4. The van der Waals surface area contributed by atoms with E-state index in [-0.39, 0.29) is 11.1 Å². The molecule has 2 atom stereocenters. The lowest BCUT2D eigenvalue weighted by Gasteiger charge is -2.39. The van der Waals surface area contributed by atoms with E-state index in [0.717, 1.165) is 0 Å². The Morgan fingerprint density at radius 3 is 2.00 bits per heavy atom. The smallest absolute Gasteiger partial charge is 0.241 e. The maximum absolute atomic E-state index is 10.2. The number of aliphatic hydroxyl groups is 1. The first-order chi connectivity index (χ1) is 9.14. The third-order valence-electron chi connectivity index (χ3n) is 3.82. The van der Waals surface area contributed by atoms with Crippen molar-refractivity contribution in [3.63, 3.8) is 0 Å². The maximum atomic E-state index is 10.2. The van der Waals surface area contributed by atoms with Crippen molar-refractivity contribution >= 4 is 16.6 Å². The van der Waals surface area contributed by atoms with E-state index < -0.39 is 22.7 Å². The number of hydrogen-bond acceptors (Lipinski definition) is 3. The van der Waals surface area contributed by atoms with Gasteiger partial charge in [-0.25, -0.2) is 0 Å². The molecule has 126 valence electrons. The fraction of sp³-hybridized carbons (Fsp3) is 0.875. The van der Waals surface area contributed by atoms with Crippen LogP contribution in [-0.4, -0.2) is 33.9 Å². The molecule has 0 radical (unpaired) electrons. The van der Waals surface area contributed by atoms with Gasteiger partial charge in [-0.2, -0.15) is 0 Å². The second-order valence-corrected chi connectivity index (χ2v) is 17.7. The second-order valence-electron chi connectivity index (χ2n) is 8.54. The van der Waals surface area contributed by atoms with Gasteiger partial charge in [0.05, 0.1) is 11.9 Å². The highest BCUT2D eigenvalue weighted by Gasteiger charge is 2.38. The fourth-order valence-corrected chi connectivity index (χ4v) is 4.34. The van der Waals surface area contributed by atoms with E-state index in [1.165, 1.54) is 0 Å². The lowest BCUT2D eigenvalue weighted by atomic mass is 10.1. The fourth-order valence-electron chi connectivity index (χ4n) is 1.93. The van der Waals surface area contributed by atoms with Gasteiger partial charge in [-0.1, -0.05) is 27.4 Å². The van der Waals surface area contributed by atoms with Gasteiger partial charge in [0.1, 0.15) is 0 Å². The summed E-state index contributed by atoms with van der Waals surface area (Å²) in [7, 11) is -3.40. The van der Waals surface area contributed by atoms with Crippen LogP contribution >= 0.6 is 0 Å². The van der Waals surface area contributed by atoms with Gasteiger partial charge in [0.15, 0.2) is 8.32 Å². The molecule has 0 bridgehead atoms. The zero-order valence-electron chi connectivity index (χ0n) is 15.5. The highest BCUT2D eigenvalue weighted by molar-refractivity contribution is 6.74. The molecular weight excluding hydrogens is 296 g/mol. The molecule has 0 fully saturated rings. The summed E-state index contributed by atoms with van der Waals surface area (Å²) >= 11 is 0. The van der Waals surface area contributed by atoms with Gasteiger partial charge in [0, 0.05) is 12.5 Å². The van der Waals surface area contributed by atoms with E-state index in [2.05, 4.69) is 60.1 Å². The van der Waals surface area contributed by atoms with Gasteiger partial charge in [0.25, 0.3) is 0 Å². The van der Waals surface area contributed by atoms with Crippen LogP contribution in [0, 0.1) is 0 Å². The number of rotatable bonds is 8. The van der Waals surface area contributed by atoms with Crippen LogP contribution in [0.2, 0.25) is 37.8 Å². The van der Waals surface area contributed by atoms with Crippen molar-refractivity contribution < 1.29 is 14.0 Å². The summed E-state index contributed by atoms with van der Waals surface area (Å²) in [5.74, 6) is 0.696. The lowest BCUT2D eigenvalue weighted by Crippen LogP contribution is -2.44. The molecule has 0 saturated heterocycles. The molecule has 3 nitrogen and oxygen atoms in total. The first-order valence-corrected chi connectivity index (χ1v) is 14.2. The van der Waals surface area contributed by atoms with Crippen molar-refractivity contribution in [3.05, 3.63) is 12.3 Å². The number of hydrogen-bond donors (Lipinski definition) is 1. The number of aliphatic hydroxyl groups excluding tert-OH is 1. The molecule has 0 aliphatic carbocycles. The molecule has 0 aromatic rings. The summed E-state index contributed by atoms with van der Waals surface area (Å²) in [6.45, 7) is 23.5. The molecule has 0 aromatic heterocycles. The van der Waals surface area contributed by atoms with E-state index in [1.807, 2.05) is 6.92 Å².